The van der Waals surface area contributed by atoms with Crippen molar-refractivity contribution in [1.29, 1.82) is 0 Å². The maximum absolute atomic E-state index is 12.6. The van der Waals surface area contributed by atoms with Crippen molar-refractivity contribution in [2.45, 2.75) is 32.2 Å². The molecule has 1 fully saturated rings. The Morgan fingerprint density at radius 2 is 2.28 bits per heavy atom. The number of rotatable bonds is 4. The summed E-state index contributed by atoms with van der Waals surface area (Å²) in [6, 6.07) is 5.46. The molecule has 2 N–H and O–H groups in total. The van der Waals surface area contributed by atoms with Crippen molar-refractivity contribution in [3.63, 3.8) is 0 Å². The average molecular weight is 398 g/mol. The molecule has 0 spiro atoms. The van der Waals surface area contributed by atoms with Crippen molar-refractivity contribution in [2.75, 3.05) is 13.1 Å². The minimum atomic E-state index is 0.115. The molecular formula is C18H21Cl2N3OS. The molecule has 4 nitrogen and oxygen atoms in total. The third-order valence-corrected chi connectivity index (χ3v) is 6.07. The Morgan fingerprint density at radius 1 is 1.48 bits per heavy atom. The van der Waals surface area contributed by atoms with Crippen LogP contribution in [0.25, 0.3) is 10.6 Å². The Kier molecular flexibility index (Phi) is 6.00. The van der Waals surface area contributed by atoms with Gasteiger partial charge in [0.15, 0.2) is 0 Å². The number of aromatic nitrogens is 1. The van der Waals surface area contributed by atoms with Crippen molar-refractivity contribution in [3.8, 4) is 10.6 Å². The highest BCUT2D eigenvalue weighted by atomic mass is 35.5. The van der Waals surface area contributed by atoms with E-state index in [4.69, 9.17) is 28.9 Å². The number of amides is 1. The molecule has 0 aliphatic carbocycles. The van der Waals surface area contributed by atoms with E-state index in [1.807, 2.05) is 23.3 Å². The number of piperidine rings is 1. The van der Waals surface area contributed by atoms with Crippen LogP contribution in [0.4, 0.5) is 0 Å². The quantitative estimate of drug-likeness (QED) is 0.838. The Bertz CT molecular complexity index is 763. The second kappa shape index (κ2) is 8.04. The van der Waals surface area contributed by atoms with Gasteiger partial charge in [0.2, 0.25) is 5.91 Å². The molecule has 0 unspecified atom stereocenters. The second-order valence-corrected chi connectivity index (χ2v) is 8.25. The first kappa shape index (κ1) is 18.6. The number of likely N-dealkylation sites (tertiary alicyclic amines) is 1. The van der Waals surface area contributed by atoms with Crippen LogP contribution in [0.3, 0.4) is 0 Å². The number of hydrogen-bond donors (Lipinski definition) is 1. The standard InChI is InChI=1S/C18H21Cl2N3OS/c1-11(21)12-3-2-6-23(9-12)17(24)8-14-10-25-18(22-14)15-5-4-13(19)7-16(15)20/h4-5,7,10-12H,2-3,6,8-9,21H2,1H3/t11-,12+/m0/s1. The number of nitrogens with two attached hydrogens (primary N) is 1. The molecule has 2 heterocycles. The summed E-state index contributed by atoms with van der Waals surface area (Å²) in [5, 5.41) is 3.88. The van der Waals surface area contributed by atoms with Gasteiger partial charge in [-0.1, -0.05) is 23.2 Å². The lowest BCUT2D eigenvalue weighted by Crippen LogP contribution is -2.45. The molecule has 7 heteroatoms. The molecule has 1 aromatic carbocycles. The molecule has 25 heavy (non-hydrogen) atoms. The van der Waals surface area contributed by atoms with Gasteiger partial charge in [0.25, 0.3) is 0 Å². The molecule has 0 bridgehead atoms. The van der Waals surface area contributed by atoms with E-state index in [9.17, 15) is 4.79 Å². The topological polar surface area (TPSA) is 59.2 Å². The van der Waals surface area contributed by atoms with Gasteiger partial charge in [-0.15, -0.1) is 11.3 Å². The summed E-state index contributed by atoms with van der Waals surface area (Å²) in [7, 11) is 0. The van der Waals surface area contributed by atoms with Crippen LogP contribution < -0.4 is 5.73 Å². The van der Waals surface area contributed by atoms with E-state index in [1.54, 1.807) is 12.1 Å². The fraction of sp³-hybridized carbons (Fsp3) is 0.444. The second-order valence-electron chi connectivity index (χ2n) is 6.55. The van der Waals surface area contributed by atoms with Gasteiger partial charge in [-0.2, -0.15) is 0 Å². The van der Waals surface area contributed by atoms with Crippen LogP contribution in [0.5, 0.6) is 0 Å². The number of benzene rings is 1. The summed E-state index contributed by atoms with van der Waals surface area (Å²) in [4.78, 5) is 19.1. The predicted molar refractivity (Wildman–Crippen MR) is 104 cm³/mol. The van der Waals surface area contributed by atoms with E-state index in [-0.39, 0.29) is 11.9 Å². The van der Waals surface area contributed by atoms with Gasteiger partial charge in [-0.05, 0) is 43.9 Å². The van der Waals surface area contributed by atoms with Crippen LogP contribution in [0.1, 0.15) is 25.5 Å². The monoisotopic (exact) mass is 397 g/mol. The Morgan fingerprint density at radius 3 is 3.00 bits per heavy atom. The highest BCUT2D eigenvalue weighted by Crippen LogP contribution is 2.32. The van der Waals surface area contributed by atoms with Crippen molar-refractivity contribution in [2.24, 2.45) is 11.7 Å². The van der Waals surface area contributed by atoms with Crippen LogP contribution in [0.15, 0.2) is 23.6 Å². The summed E-state index contributed by atoms with van der Waals surface area (Å²) in [6.07, 6.45) is 2.42. The molecule has 0 radical (unpaired) electrons. The number of hydrogen-bond acceptors (Lipinski definition) is 4. The van der Waals surface area contributed by atoms with E-state index in [0.717, 1.165) is 42.2 Å². The van der Waals surface area contributed by atoms with E-state index >= 15 is 0 Å². The Hall–Kier alpha value is -1.14. The molecule has 1 aromatic heterocycles. The highest BCUT2D eigenvalue weighted by Gasteiger charge is 2.26. The molecular weight excluding hydrogens is 377 g/mol. The lowest BCUT2D eigenvalue weighted by Gasteiger charge is -2.34. The summed E-state index contributed by atoms with van der Waals surface area (Å²) in [5.74, 6) is 0.501. The zero-order valence-electron chi connectivity index (χ0n) is 14.0. The van der Waals surface area contributed by atoms with Crippen molar-refractivity contribution < 1.29 is 4.79 Å². The zero-order chi connectivity index (χ0) is 18.0. The number of carbonyl (C=O) groups excluding carboxylic acids is 1. The van der Waals surface area contributed by atoms with Crippen LogP contribution in [-0.2, 0) is 11.2 Å². The third kappa shape index (κ3) is 4.53. The highest BCUT2D eigenvalue weighted by molar-refractivity contribution is 7.13. The summed E-state index contributed by atoms with van der Waals surface area (Å²) in [5.41, 5.74) is 7.62. The van der Waals surface area contributed by atoms with Crippen LogP contribution in [0, 0.1) is 5.92 Å². The van der Waals surface area contributed by atoms with Gasteiger partial charge in [0, 0.05) is 35.1 Å². The van der Waals surface area contributed by atoms with E-state index in [0.29, 0.717) is 22.4 Å². The first-order valence-corrected chi connectivity index (χ1v) is 10.0. The van der Waals surface area contributed by atoms with Gasteiger partial charge in [0.1, 0.15) is 5.01 Å². The summed E-state index contributed by atoms with van der Waals surface area (Å²) in [6.45, 7) is 3.57. The number of carbonyl (C=O) groups is 1. The number of thiazole rings is 1. The van der Waals surface area contributed by atoms with E-state index in [1.165, 1.54) is 11.3 Å². The fourth-order valence-corrected chi connectivity index (χ4v) is 4.52. The summed E-state index contributed by atoms with van der Waals surface area (Å²) < 4.78 is 0. The van der Waals surface area contributed by atoms with Gasteiger partial charge in [-0.3, -0.25) is 4.79 Å². The van der Waals surface area contributed by atoms with Crippen LogP contribution in [-0.4, -0.2) is 34.9 Å². The lowest BCUT2D eigenvalue weighted by molar-refractivity contribution is -0.132. The largest absolute Gasteiger partial charge is 0.342 e. The van der Waals surface area contributed by atoms with Gasteiger partial charge < -0.3 is 10.6 Å². The molecule has 1 amide bonds. The van der Waals surface area contributed by atoms with Crippen LogP contribution in [0.2, 0.25) is 10.0 Å². The molecule has 134 valence electrons. The number of halogens is 2. The van der Waals surface area contributed by atoms with Crippen molar-refractivity contribution in [3.05, 3.63) is 39.3 Å². The third-order valence-electron chi connectivity index (χ3n) is 4.60. The minimum absolute atomic E-state index is 0.115. The average Bonchev–Trinajstić information content (AvgIpc) is 3.03. The van der Waals surface area contributed by atoms with Gasteiger partial charge in [-0.25, -0.2) is 4.98 Å². The molecule has 1 saturated heterocycles. The zero-order valence-corrected chi connectivity index (χ0v) is 16.4. The Labute approximate surface area is 161 Å². The molecule has 2 atom stereocenters. The lowest BCUT2D eigenvalue weighted by atomic mass is 9.92. The van der Waals surface area contributed by atoms with Crippen molar-refractivity contribution in [1.82, 2.24) is 9.88 Å². The first-order valence-electron chi connectivity index (χ1n) is 8.37. The van der Waals surface area contributed by atoms with Gasteiger partial charge >= 0.3 is 0 Å². The first-order chi connectivity index (χ1) is 11.9. The van der Waals surface area contributed by atoms with Gasteiger partial charge in [0.05, 0.1) is 17.1 Å². The maximum Gasteiger partial charge on any atom is 0.228 e. The number of nitrogens with zero attached hydrogens (tertiary/aromatic N) is 2. The molecule has 3 rings (SSSR count). The molecule has 1 aliphatic heterocycles. The van der Waals surface area contributed by atoms with Crippen LogP contribution >= 0.6 is 34.5 Å². The normalized spacial score (nSPS) is 19.0. The smallest absolute Gasteiger partial charge is 0.228 e. The van der Waals surface area contributed by atoms with Crippen molar-refractivity contribution >= 4 is 40.4 Å². The molecule has 2 aromatic rings. The minimum Gasteiger partial charge on any atom is -0.342 e. The van der Waals surface area contributed by atoms with E-state index in [2.05, 4.69) is 4.98 Å². The SMILES string of the molecule is C[C@H](N)[C@@H]1CCCN(C(=O)Cc2csc(-c3ccc(Cl)cc3Cl)n2)C1. The predicted octanol–water partition coefficient (Wildman–Crippen LogP) is 4.25. The van der Waals surface area contributed by atoms with E-state index < -0.39 is 0 Å². The molecule has 1 aliphatic rings. The fourth-order valence-electron chi connectivity index (χ4n) is 3.11. The molecule has 0 saturated carbocycles. The maximum atomic E-state index is 12.6. The summed E-state index contributed by atoms with van der Waals surface area (Å²) >= 11 is 13.7. The Balaban J connectivity index is 1.67.